The van der Waals surface area contributed by atoms with Crippen molar-refractivity contribution in [2.45, 2.75) is 117 Å². The molecule has 0 saturated heterocycles. The fourth-order valence-electron chi connectivity index (χ4n) is 3.10. The van der Waals surface area contributed by atoms with Gasteiger partial charge >= 0.3 is 0 Å². The summed E-state index contributed by atoms with van der Waals surface area (Å²) in [6, 6.07) is 0. The van der Waals surface area contributed by atoms with Crippen molar-refractivity contribution in [3.63, 3.8) is 0 Å². The van der Waals surface area contributed by atoms with E-state index in [2.05, 4.69) is 13.8 Å². The van der Waals surface area contributed by atoms with Crippen molar-refractivity contribution in [1.82, 2.24) is 0 Å². The van der Waals surface area contributed by atoms with Crippen LogP contribution in [0.1, 0.15) is 117 Å². The molecule has 0 spiro atoms. The van der Waals surface area contributed by atoms with E-state index in [0.717, 1.165) is 25.7 Å². The molecule has 1 N–H and O–H groups in total. The Morgan fingerprint density at radius 2 is 0.792 bits per heavy atom. The van der Waals surface area contributed by atoms with Crippen LogP contribution in [-0.4, -0.2) is 17.2 Å². The third kappa shape index (κ3) is 20.9. The molecule has 0 aliphatic carbocycles. The molecule has 0 bridgehead atoms. The smallest absolute Gasteiger partial charge is 0.200 e. The maximum Gasteiger partial charge on any atom is 0.200 e. The molecule has 0 aromatic carbocycles. The molecule has 0 aliphatic rings. The Labute approximate surface area is 166 Å². The van der Waals surface area contributed by atoms with E-state index in [9.17, 15) is 9.46 Å². The van der Waals surface area contributed by atoms with Gasteiger partial charge in [-0.25, -0.2) is 0 Å². The number of rotatable bonds is 18. The molecule has 0 rings (SSSR count). The first-order chi connectivity index (χ1) is 11.1. The molecular weight excluding hydrogens is 399 g/mol. The summed E-state index contributed by atoms with van der Waals surface area (Å²) in [4.78, 5) is 10.0. The Bertz CT molecular complexity index is 261. The van der Waals surface area contributed by atoms with Crippen molar-refractivity contribution in [1.29, 1.82) is 0 Å². The molecule has 4 heteroatoms. The van der Waals surface area contributed by atoms with Crippen LogP contribution >= 0.6 is 7.37 Å². The summed E-state index contributed by atoms with van der Waals surface area (Å²) in [7, 11) is -2.82. The molecule has 0 fully saturated rings. The van der Waals surface area contributed by atoms with Gasteiger partial charge in [-0.1, -0.05) is 104 Å². The van der Waals surface area contributed by atoms with Crippen LogP contribution in [0.5, 0.6) is 0 Å². The molecule has 0 unspecified atom stereocenters. The van der Waals surface area contributed by atoms with Crippen LogP contribution in [0.2, 0.25) is 0 Å². The van der Waals surface area contributed by atoms with Gasteiger partial charge in [-0.05, 0) is 12.8 Å². The van der Waals surface area contributed by atoms with Gasteiger partial charge in [-0.15, -0.1) is 0 Å². The number of unbranched alkanes of at least 4 members (excludes halogenated alkanes) is 14. The van der Waals surface area contributed by atoms with Crippen LogP contribution in [0.25, 0.3) is 0 Å². The first-order valence-corrected chi connectivity index (χ1v) is 12.5. The fraction of sp³-hybridized carbons (Fsp3) is 1.00. The molecule has 2 nitrogen and oxygen atoms in total. The van der Waals surface area contributed by atoms with Crippen molar-refractivity contribution in [2.75, 3.05) is 12.3 Å². The molecule has 0 heterocycles. The Balaban J connectivity index is 0. The van der Waals surface area contributed by atoms with Gasteiger partial charge in [-0.3, -0.25) is 4.57 Å². The van der Waals surface area contributed by atoms with Crippen LogP contribution in [0.15, 0.2) is 0 Å². The second kappa shape index (κ2) is 20.2. The van der Waals surface area contributed by atoms with Crippen LogP contribution in [0, 0.1) is 0 Å². The van der Waals surface area contributed by atoms with Crippen molar-refractivity contribution < 1.29 is 30.5 Å². The molecule has 24 heavy (non-hydrogen) atoms. The van der Waals surface area contributed by atoms with Gasteiger partial charge in [0.25, 0.3) is 0 Å². The SMILES string of the molecule is CCCCCCCCCCP(=O)(O)CCCCCCCCCC.[Mo]. The topological polar surface area (TPSA) is 37.3 Å². The molecule has 0 saturated carbocycles. The van der Waals surface area contributed by atoms with E-state index in [-0.39, 0.29) is 21.1 Å². The standard InChI is InChI=1S/C20H43O2P.Mo/c1-3-5-7-9-11-13-15-17-19-23(21,22)20-18-16-14-12-10-8-6-4-2;/h3-20H2,1-2H3,(H,21,22);. The summed E-state index contributed by atoms with van der Waals surface area (Å²) in [5.41, 5.74) is 0. The Hall–Kier alpha value is 0.878. The van der Waals surface area contributed by atoms with E-state index in [0.29, 0.717) is 12.3 Å². The molecule has 0 atom stereocenters. The average Bonchev–Trinajstić information content (AvgIpc) is 2.52. The average molecular weight is 442 g/mol. The van der Waals surface area contributed by atoms with E-state index in [1.165, 1.54) is 77.0 Å². The zero-order valence-electron chi connectivity index (χ0n) is 16.4. The second-order valence-electron chi connectivity index (χ2n) is 7.24. The van der Waals surface area contributed by atoms with E-state index in [4.69, 9.17) is 0 Å². The molecule has 0 radical (unpaired) electrons. The first kappa shape index (κ1) is 27.1. The molecule has 146 valence electrons. The molecular formula is C20H43MoO2P. The largest absolute Gasteiger partial charge is 0.344 e. The van der Waals surface area contributed by atoms with E-state index >= 15 is 0 Å². The second-order valence-corrected chi connectivity index (χ2v) is 9.83. The van der Waals surface area contributed by atoms with Crippen molar-refractivity contribution in [2.24, 2.45) is 0 Å². The number of hydrogen-bond donors (Lipinski definition) is 1. The molecule has 0 amide bonds. The quantitative estimate of drug-likeness (QED) is 0.135. The summed E-state index contributed by atoms with van der Waals surface area (Å²) in [6.45, 7) is 4.48. The van der Waals surface area contributed by atoms with Crippen LogP contribution in [0.4, 0.5) is 0 Å². The third-order valence-electron chi connectivity index (χ3n) is 4.72. The molecule has 0 aromatic heterocycles. The maximum atomic E-state index is 12.1. The minimum atomic E-state index is -2.82. The first-order valence-electron chi connectivity index (χ1n) is 10.4. The number of hydrogen-bond acceptors (Lipinski definition) is 1. The van der Waals surface area contributed by atoms with Crippen LogP contribution in [0.3, 0.4) is 0 Å². The minimum absolute atomic E-state index is 0. The van der Waals surface area contributed by atoms with E-state index < -0.39 is 7.37 Å². The summed E-state index contributed by atoms with van der Waals surface area (Å²) in [6.07, 6.45) is 21.0. The zero-order chi connectivity index (χ0) is 17.2. The maximum absolute atomic E-state index is 12.1. The third-order valence-corrected chi connectivity index (χ3v) is 6.75. The zero-order valence-corrected chi connectivity index (χ0v) is 19.3. The van der Waals surface area contributed by atoms with Gasteiger partial charge in [0.2, 0.25) is 7.37 Å². The van der Waals surface area contributed by atoms with Crippen molar-refractivity contribution >= 4 is 7.37 Å². The van der Waals surface area contributed by atoms with Gasteiger partial charge in [0, 0.05) is 33.4 Å². The summed E-state index contributed by atoms with van der Waals surface area (Å²) in [5.74, 6) is 0. The van der Waals surface area contributed by atoms with Gasteiger partial charge in [-0.2, -0.15) is 0 Å². The van der Waals surface area contributed by atoms with Crippen LogP contribution < -0.4 is 0 Å². The Morgan fingerprint density at radius 1 is 0.542 bits per heavy atom. The van der Waals surface area contributed by atoms with Crippen molar-refractivity contribution in [3.8, 4) is 0 Å². The predicted octanol–water partition coefficient (Wildman–Crippen LogP) is 7.54. The Kier molecular flexibility index (Phi) is 22.8. The monoisotopic (exact) mass is 444 g/mol. The van der Waals surface area contributed by atoms with Crippen molar-refractivity contribution in [3.05, 3.63) is 0 Å². The normalized spacial score (nSPS) is 11.5. The fourth-order valence-corrected chi connectivity index (χ4v) is 4.76. The van der Waals surface area contributed by atoms with Crippen LogP contribution in [-0.2, 0) is 25.6 Å². The summed E-state index contributed by atoms with van der Waals surface area (Å²) in [5, 5.41) is 0. The molecule has 0 aliphatic heterocycles. The van der Waals surface area contributed by atoms with E-state index in [1.807, 2.05) is 0 Å². The summed E-state index contributed by atoms with van der Waals surface area (Å²) >= 11 is 0. The molecule has 0 aromatic rings. The van der Waals surface area contributed by atoms with Gasteiger partial charge in [0.1, 0.15) is 0 Å². The Morgan fingerprint density at radius 3 is 1.08 bits per heavy atom. The predicted molar refractivity (Wildman–Crippen MR) is 105 cm³/mol. The van der Waals surface area contributed by atoms with Gasteiger partial charge in [0.15, 0.2) is 0 Å². The summed E-state index contributed by atoms with van der Waals surface area (Å²) < 4.78 is 12.1. The van der Waals surface area contributed by atoms with Gasteiger partial charge < -0.3 is 4.89 Å². The van der Waals surface area contributed by atoms with Gasteiger partial charge in [0.05, 0.1) is 0 Å². The minimum Gasteiger partial charge on any atom is -0.344 e. The van der Waals surface area contributed by atoms with E-state index in [1.54, 1.807) is 0 Å².